The van der Waals surface area contributed by atoms with Crippen LogP contribution in [0.2, 0.25) is 0 Å². The van der Waals surface area contributed by atoms with Crippen LogP contribution in [0.25, 0.3) is 11.3 Å². The van der Waals surface area contributed by atoms with Crippen LogP contribution in [-0.4, -0.2) is 71.9 Å². The first-order chi connectivity index (χ1) is 14.0. The average Bonchev–Trinajstić information content (AvgIpc) is 3.39. The maximum Gasteiger partial charge on any atom is 0.240 e. The van der Waals surface area contributed by atoms with Crippen molar-refractivity contribution in [1.82, 2.24) is 20.1 Å². The third kappa shape index (κ3) is 5.81. The molecule has 1 aromatic carbocycles. The lowest BCUT2D eigenvalue weighted by Crippen LogP contribution is -2.51. The smallest absolute Gasteiger partial charge is 0.240 e. The highest BCUT2D eigenvalue weighted by Crippen LogP contribution is 2.25. The normalized spacial score (nSPS) is 17.8. The molecule has 9 heteroatoms. The molecule has 1 aliphatic heterocycles. The highest BCUT2D eigenvalue weighted by atomic mass is 32.1. The Morgan fingerprint density at radius 2 is 1.66 bits per heavy atom. The van der Waals surface area contributed by atoms with Crippen molar-refractivity contribution >= 4 is 28.3 Å². The van der Waals surface area contributed by atoms with Gasteiger partial charge in [0.25, 0.3) is 0 Å². The molecule has 2 heterocycles. The Bertz CT molecular complexity index is 860. The van der Waals surface area contributed by atoms with Crippen molar-refractivity contribution in [2.45, 2.75) is 18.9 Å². The zero-order chi connectivity index (χ0) is 20.2. The summed E-state index contributed by atoms with van der Waals surface area (Å²) in [5.41, 5.74) is 1.52. The van der Waals surface area contributed by atoms with Crippen LogP contribution in [0.1, 0.15) is 12.8 Å². The van der Waals surface area contributed by atoms with Gasteiger partial charge in [0.15, 0.2) is 5.13 Å². The monoisotopic (exact) mass is 417 g/mol. The van der Waals surface area contributed by atoms with Gasteiger partial charge in [-0.15, -0.1) is 11.3 Å². The molecule has 1 saturated heterocycles. The van der Waals surface area contributed by atoms with Gasteiger partial charge >= 0.3 is 0 Å². The van der Waals surface area contributed by atoms with E-state index in [9.17, 15) is 14.0 Å². The number of carbonyl (C=O) groups is 2. The molecule has 2 amide bonds. The molecule has 154 valence electrons. The first-order valence-electron chi connectivity index (χ1n) is 9.80. The first kappa shape index (κ1) is 19.9. The molecule has 1 saturated carbocycles. The second-order valence-electron chi connectivity index (χ2n) is 7.49. The van der Waals surface area contributed by atoms with Gasteiger partial charge < -0.3 is 10.6 Å². The van der Waals surface area contributed by atoms with E-state index in [-0.39, 0.29) is 17.6 Å². The van der Waals surface area contributed by atoms with Crippen molar-refractivity contribution in [3.8, 4) is 11.3 Å². The Kier molecular flexibility index (Phi) is 6.17. The van der Waals surface area contributed by atoms with Crippen LogP contribution in [0, 0.1) is 5.82 Å². The van der Waals surface area contributed by atoms with Crippen LogP contribution in [0.15, 0.2) is 29.6 Å². The van der Waals surface area contributed by atoms with E-state index in [4.69, 9.17) is 0 Å². The van der Waals surface area contributed by atoms with Crippen molar-refractivity contribution in [2.24, 2.45) is 0 Å². The van der Waals surface area contributed by atoms with Gasteiger partial charge in [-0.1, -0.05) is 0 Å². The van der Waals surface area contributed by atoms with Gasteiger partial charge in [0.2, 0.25) is 11.8 Å². The van der Waals surface area contributed by atoms with E-state index in [1.807, 2.05) is 5.38 Å². The van der Waals surface area contributed by atoms with E-state index in [0.29, 0.717) is 30.0 Å². The van der Waals surface area contributed by atoms with Crippen molar-refractivity contribution in [3.63, 3.8) is 0 Å². The number of hydrogen-bond acceptors (Lipinski definition) is 6. The number of anilines is 1. The molecule has 1 aliphatic carbocycles. The number of rotatable bonds is 7. The number of hydrogen-bond donors (Lipinski definition) is 2. The fourth-order valence-electron chi connectivity index (χ4n) is 3.26. The van der Waals surface area contributed by atoms with Crippen molar-refractivity contribution in [2.75, 3.05) is 44.6 Å². The molecule has 0 radical (unpaired) electrons. The van der Waals surface area contributed by atoms with Crippen LogP contribution < -0.4 is 10.6 Å². The lowest BCUT2D eigenvalue weighted by Gasteiger charge is -2.33. The summed E-state index contributed by atoms with van der Waals surface area (Å²) in [5.74, 6) is -0.300. The molecule has 0 spiro atoms. The summed E-state index contributed by atoms with van der Waals surface area (Å²) in [4.78, 5) is 32.9. The molecular weight excluding hydrogens is 393 g/mol. The Hall–Kier alpha value is -2.36. The van der Waals surface area contributed by atoms with Gasteiger partial charge in [-0.25, -0.2) is 9.37 Å². The number of carbonyl (C=O) groups excluding carboxylic acids is 2. The van der Waals surface area contributed by atoms with Crippen molar-refractivity contribution < 1.29 is 14.0 Å². The quantitative estimate of drug-likeness (QED) is 0.718. The van der Waals surface area contributed by atoms with E-state index in [1.165, 1.54) is 23.5 Å². The van der Waals surface area contributed by atoms with Crippen LogP contribution in [0.3, 0.4) is 0 Å². The number of halogens is 1. The molecule has 2 aliphatic rings. The molecule has 4 rings (SSSR count). The van der Waals surface area contributed by atoms with Crippen LogP contribution in [0.4, 0.5) is 9.52 Å². The number of piperazine rings is 1. The molecule has 0 unspecified atom stereocenters. The second-order valence-corrected chi connectivity index (χ2v) is 8.35. The number of nitrogens with one attached hydrogen (secondary N) is 2. The summed E-state index contributed by atoms with van der Waals surface area (Å²) in [6, 6.07) is 6.51. The molecule has 2 N–H and O–H groups in total. The summed E-state index contributed by atoms with van der Waals surface area (Å²) < 4.78 is 13.0. The van der Waals surface area contributed by atoms with E-state index in [1.54, 1.807) is 12.1 Å². The SMILES string of the molecule is O=C(CN1CCN(CC(=O)NC2CC2)CC1)Nc1nc(-c2ccc(F)cc2)cs1. The summed E-state index contributed by atoms with van der Waals surface area (Å²) >= 11 is 1.35. The average molecular weight is 418 g/mol. The van der Waals surface area contributed by atoms with Gasteiger partial charge in [-0.3, -0.25) is 19.4 Å². The Morgan fingerprint density at radius 3 is 2.28 bits per heavy atom. The predicted molar refractivity (Wildman–Crippen MR) is 110 cm³/mol. The van der Waals surface area contributed by atoms with Gasteiger partial charge in [0.05, 0.1) is 18.8 Å². The van der Waals surface area contributed by atoms with Gasteiger partial charge in [-0.05, 0) is 37.1 Å². The van der Waals surface area contributed by atoms with Crippen LogP contribution >= 0.6 is 11.3 Å². The fraction of sp³-hybridized carbons (Fsp3) is 0.450. The molecule has 0 atom stereocenters. The van der Waals surface area contributed by atoms with E-state index in [0.717, 1.165) is 44.6 Å². The topological polar surface area (TPSA) is 77.6 Å². The second kappa shape index (κ2) is 8.98. The predicted octanol–water partition coefficient (Wildman–Crippen LogP) is 1.78. The maximum atomic E-state index is 13.0. The Balaban J connectivity index is 1.20. The van der Waals surface area contributed by atoms with Gasteiger partial charge in [0, 0.05) is 43.2 Å². The molecule has 2 aromatic rings. The minimum absolute atomic E-state index is 0.0967. The Labute approximate surface area is 172 Å². The highest BCUT2D eigenvalue weighted by Gasteiger charge is 2.25. The highest BCUT2D eigenvalue weighted by molar-refractivity contribution is 7.14. The van der Waals surface area contributed by atoms with Crippen LogP contribution in [-0.2, 0) is 9.59 Å². The summed E-state index contributed by atoms with van der Waals surface area (Å²) in [6.07, 6.45) is 2.19. The first-order valence-corrected chi connectivity index (χ1v) is 10.7. The summed E-state index contributed by atoms with van der Waals surface area (Å²) in [5, 5.41) is 8.22. The van der Waals surface area contributed by atoms with Gasteiger partial charge in [-0.2, -0.15) is 0 Å². The molecular formula is C20H24FN5O2S. The minimum atomic E-state index is -0.291. The third-order valence-corrected chi connectivity index (χ3v) is 5.79. The van der Waals surface area contributed by atoms with E-state index in [2.05, 4.69) is 25.4 Å². The number of amides is 2. The summed E-state index contributed by atoms with van der Waals surface area (Å²) in [6.45, 7) is 3.79. The lowest BCUT2D eigenvalue weighted by atomic mass is 10.2. The molecule has 2 fully saturated rings. The lowest BCUT2D eigenvalue weighted by molar-refractivity contribution is -0.123. The van der Waals surface area contributed by atoms with Crippen molar-refractivity contribution in [3.05, 3.63) is 35.5 Å². The Morgan fingerprint density at radius 1 is 1.03 bits per heavy atom. The summed E-state index contributed by atoms with van der Waals surface area (Å²) in [7, 11) is 0. The molecule has 1 aromatic heterocycles. The van der Waals surface area contributed by atoms with Crippen LogP contribution in [0.5, 0.6) is 0 Å². The zero-order valence-electron chi connectivity index (χ0n) is 16.1. The van der Waals surface area contributed by atoms with E-state index < -0.39 is 0 Å². The molecule has 7 nitrogen and oxygen atoms in total. The minimum Gasteiger partial charge on any atom is -0.352 e. The molecule has 0 bridgehead atoms. The number of nitrogens with zero attached hydrogens (tertiary/aromatic N) is 3. The fourth-order valence-corrected chi connectivity index (χ4v) is 3.99. The zero-order valence-corrected chi connectivity index (χ0v) is 16.9. The van der Waals surface area contributed by atoms with E-state index >= 15 is 0 Å². The number of aromatic nitrogens is 1. The third-order valence-electron chi connectivity index (χ3n) is 5.03. The van der Waals surface area contributed by atoms with Gasteiger partial charge in [0.1, 0.15) is 5.82 Å². The molecule has 29 heavy (non-hydrogen) atoms. The number of benzene rings is 1. The largest absolute Gasteiger partial charge is 0.352 e. The maximum absolute atomic E-state index is 13.0. The number of thiazole rings is 1. The standard InChI is InChI=1S/C20H24FN5O2S/c21-15-3-1-14(2-4-15)17-13-29-20(23-17)24-19(28)12-26-9-7-25(8-10-26)11-18(27)22-16-5-6-16/h1-4,13,16H,5-12H2,(H,22,27)(H,23,24,28). The van der Waals surface area contributed by atoms with Crippen molar-refractivity contribution in [1.29, 1.82) is 0 Å².